The molecule has 1 aliphatic rings. The van der Waals surface area contributed by atoms with Gasteiger partial charge in [-0.2, -0.15) is 0 Å². The predicted octanol–water partition coefficient (Wildman–Crippen LogP) is 2.72. The molecule has 1 fully saturated rings. The van der Waals surface area contributed by atoms with Crippen molar-refractivity contribution in [1.29, 1.82) is 0 Å². The Kier molecular flexibility index (Phi) is 5.19. The second kappa shape index (κ2) is 6.70. The van der Waals surface area contributed by atoms with Gasteiger partial charge < -0.3 is 10.5 Å². The van der Waals surface area contributed by atoms with Crippen LogP contribution in [0.15, 0.2) is 12.1 Å². The van der Waals surface area contributed by atoms with Crippen molar-refractivity contribution in [1.82, 2.24) is 4.90 Å². The second-order valence-electron chi connectivity index (χ2n) is 6.07. The van der Waals surface area contributed by atoms with Gasteiger partial charge in [-0.05, 0) is 56.4 Å². The van der Waals surface area contributed by atoms with Crippen molar-refractivity contribution in [3.8, 4) is 0 Å². The fraction of sp³-hybridized carbons (Fsp3) is 0.647. The van der Waals surface area contributed by atoms with Crippen molar-refractivity contribution in [3.05, 3.63) is 34.4 Å². The molecule has 0 radical (unpaired) electrons. The third kappa shape index (κ3) is 3.40. The van der Waals surface area contributed by atoms with E-state index in [1.807, 2.05) is 0 Å². The van der Waals surface area contributed by atoms with Gasteiger partial charge in [0.05, 0.1) is 6.10 Å². The molecule has 1 aromatic rings. The van der Waals surface area contributed by atoms with E-state index < -0.39 is 0 Å². The fourth-order valence-electron chi connectivity index (χ4n) is 3.12. The van der Waals surface area contributed by atoms with E-state index in [9.17, 15) is 0 Å². The molecule has 2 atom stereocenters. The van der Waals surface area contributed by atoms with Gasteiger partial charge in [0.1, 0.15) is 0 Å². The van der Waals surface area contributed by atoms with Crippen LogP contribution in [0.25, 0.3) is 0 Å². The second-order valence-corrected chi connectivity index (χ2v) is 6.07. The molecule has 0 saturated carbocycles. The maximum absolute atomic E-state index is 6.11. The van der Waals surface area contributed by atoms with E-state index in [1.165, 1.54) is 22.3 Å². The van der Waals surface area contributed by atoms with Crippen LogP contribution >= 0.6 is 0 Å². The average molecular weight is 276 g/mol. The highest BCUT2D eigenvalue weighted by atomic mass is 16.5. The molecule has 2 unspecified atom stereocenters. The minimum Gasteiger partial charge on any atom is -0.377 e. The molecule has 3 nitrogen and oxygen atoms in total. The molecule has 1 aliphatic heterocycles. The van der Waals surface area contributed by atoms with E-state index in [0.717, 1.165) is 26.1 Å². The van der Waals surface area contributed by atoms with Gasteiger partial charge in [-0.15, -0.1) is 0 Å². The molecule has 1 aromatic carbocycles. The number of rotatable bonds is 3. The van der Waals surface area contributed by atoms with Gasteiger partial charge in [-0.25, -0.2) is 0 Å². The number of nitrogens with zero attached hydrogens (tertiary/aromatic N) is 1. The minimum absolute atomic E-state index is 0.290. The van der Waals surface area contributed by atoms with E-state index in [1.54, 1.807) is 0 Å². The highest BCUT2D eigenvalue weighted by Gasteiger charge is 2.24. The van der Waals surface area contributed by atoms with Gasteiger partial charge in [0.15, 0.2) is 0 Å². The monoisotopic (exact) mass is 276 g/mol. The Hall–Kier alpha value is -0.900. The Morgan fingerprint density at radius 3 is 2.65 bits per heavy atom. The number of hydrogen-bond donors (Lipinski definition) is 1. The normalized spacial score (nSPS) is 22.6. The van der Waals surface area contributed by atoms with Crippen molar-refractivity contribution in [2.45, 2.75) is 46.3 Å². The molecule has 0 amide bonds. The summed E-state index contributed by atoms with van der Waals surface area (Å²) in [5.74, 6) is 0. The maximum Gasteiger partial charge on any atom is 0.0674 e. The molecule has 20 heavy (non-hydrogen) atoms. The predicted molar refractivity (Wildman–Crippen MR) is 84.1 cm³/mol. The lowest BCUT2D eigenvalue weighted by Crippen LogP contribution is -2.38. The van der Waals surface area contributed by atoms with Crippen LogP contribution in [-0.4, -0.2) is 37.2 Å². The van der Waals surface area contributed by atoms with E-state index >= 15 is 0 Å². The van der Waals surface area contributed by atoms with Crippen molar-refractivity contribution < 1.29 is 4.74 Å². The molecule has 3 heteroatoms. The molecule has 2 N–H and O–H groups in total. The number of aryl methyl sites for hydroxylation is 3. The minimum atomic E-state index is 0.290. The van der Waals surface area contributed by atoms with Crippen LogP contribution < -0.4 is 5.73 Å². The Morgan fingerprint density at radius 2 is 1.95 bits per heavy atom. The van der Waals surface area contributed by atoms with E-state index in [4.69, 9.17) is 10.5 Å². The summed E-state index contributed by atoms with van der Waals surface area (Å²) in [5, 5.41) is 0. The van der Waals surface area contributed by atoms with Crippen LogP contribution in [0.3, 0.4) is 0 Å². The Balaban J connectivity index is 2.29. The van der Waals surface area contributed by atoms with Gasteiger partial charge in [0.2, 0.25) is 0 Å². The van der Waals surface area contributed by atoms with Crippen molar-refractivity contribution >= 4 is 0 Å². The van der Waals surface area contributed by atoms with E-state index in [0.29, 0.717) is 18.7 Å². The fourth-order valence-corrected chi connectivity index (χ4v) is 3.12. The molecular weight excluding hydrogens is 248 g/mol. The number of benzene rings is 1. The largest absolute Gasteiger partial charge is 0.377 e. The first-order valence-corrected chi connectivity index (χ1v) is 7.66. The van der Waals surface area contributed by atoms with Crippen LogP contribution in [0.4, 0.5) is 0 Å². The molecule has 0 spiro atoms. The third-order valence-corrected chi connectivity index (χ3v) is 4.39. The van der Waals surface area contributed by atoms with Crippen molar-refractivity contribution in [2.24, 2.45) is 5.73 Å². The zero-order chi connectivity index (χ0) is 14.7. The summed E-state index contributed by atoms with van der Waals surface area (Å²) in [4.78, 5) is 2.49. The standard InChI is InChI=1S/C17H28N2O/c1-12-8-14(3)16(9-13(12)2)17(10-18)19-6-5-7-20-15(4)11-19/h8-9,15,17H,5-7,10-11,18H2,1-4H3. The molecule has 1 heterocycles. The summed E-state index contributed by atoms with van der Waals surface area (Å²) in [6.45, 7) is 12.3. The summed E-state index contributed by atoms with van der Waals surface area (Å²) in [5.41, 5.74) is 11.5. The first kappa shape index (κ1) is 15.5. The lowest BCUT2D eigenvalue weighted by molar-refractivity contribution is 0.0611. The molecule has 112 valence electrons. The van der Waals surface area contributed by atoms with Gasteiger partial charge in [0.25, 0.3) is 0 Å². The van der Waals surface area contributed by atoms with Gasteiger partial charge >= 0.3 is 0 Å². The Morgan fingerprint density at radius 1 is 1.25 bits per heavy atom. The lowest BCUT2D eigenvalue weighted by Gasteiger charge is -2.32. The first-order valence-electron chi connectivity index (χ1n) is 7.66. The third-order valence-electron chi connectivity index (χ3n) is 4.39. The zero-order valence-electron chi connectivity index (χ0n) is 13.3. The van der Waals surface area contributed by atoms with Crippen molar-refractivity contribution in [2.75, 3.05) is 26.2 Å². The summed E-state index contributed by atoms with van der Waals surface area (Å²) < 4.78 is 5.75. The van der Waals surface area contributed by atoms with Gasteiger partial charge in [0, 0.05) is 32.3 Å². The lowest BCUT2D eigenvalue weighted by atomic mass is 9.94. The smallest absolute Gasteiger partial charge is 0.0674 e. The summed E-state index contributed by atoms with van der Waals surface area (Å²) in [7, 11) is 0. The Labute approximate surface area is 123 Å². The Bertz CT molecular complexity index is 459. The molecule has 2 rings (SSSR count). The van der Waals surface area contributed by atoms with Crippen LogP contribution in [0.5, 0.6) is 0 Å². The van der Waals surface area contributed by atoms with E-state index in [-0.39, 0.29) is 0 Å². The van der Waals surface area contributed by atoms with Gasteiger partial charge in [-0.1, -0.05) is 12.1 Å². The van der Waals surface area contributed by atoms with E-state index in [2.05, 4.69) is 44.7 Å². The first-order chi connectivity index (χ1) is 9.52. The summed E-state index contributed by atoms with van der Waals surface area (Å²) in [6.07, 6.45) is 1.38. The topological polar surface area (TPSA) is 38.5 Å². The zero-order valence-corrected chi connectivity index (χ0v) is 13.3. The highest BCUT2D eigenvalue weighted by Crippen LogP contribution is 2.27. The van der Waals surface area contributed by atoms with Gasteiger partial charge in [-0.3, -0.25) is 4.90 Å². The van der Waals surface area contributed by atoms with Crippen molar-refractivity contribution in [3.63, 3.8) is 0 Å². The molecule has 0 aromatic heterocycles. The average Bonchev–Trinajstić information content (AvgIpc) is 2.61. The molecular formula is C17H28N2O. The number of nitrogens with two attached hydrogens (primary N) is 1. The summed E-state index contributed by atoms with van der Waals surface area (Å²) >= 11 is 0. The van der Waals surface area contributed by atoms with Crippen LogP contribution in [0.1, 0.15) is 41.6 Å². The summed E-state index contributed by atoms with van der Waals surface area (Å²) in [6, 6.07) is 4.90. The van der Waals surface area contributed by atoms with Crippen LogP contribution in [0.2, 0.25) is 0 Å². The molecule has 1 saturated heterocycles. The quantitative estimate of drug-likeness (QED) is 0.922. The highest BCUT2D eigenvalue weighted by molar-refractivity contribution is 5.38. The maximum atomic E-state index is 6.11. The van der Waals surface area contributed by atoms with Crippen LogP contribution in [-0.2, 0) is 4.74 Å². The number of hydrogen-bond acceptors (Lipinski definition) is 3. The molecule has 0 aliphatic carbocycles. The SMILES string of the molecule is Cc1cc(C)c(C(CN)N2CCCOC(C)C2)cc1C. The molecule has 0 bridgehead atoms. The van der Waals surface area contributed by atoms with Crippen LogP contribution in [0, 0.1) is 20.8 Å². The number of ether oxygens (including phenoxy) is 1.